The van der Waals surface area contributed by atoms with Gasteiger partial charge < -0.3 is 4.74 Å². The van der Waals surface area contributed by atoms with Crippen molar-refractivity contribution in [3.8, 4) is 0 Å². The summed E-state index contributed by atoms with van der Waals surface area (Å²) in [5.74, 6) is 1.20. The van der Waals surface area contributed by atoms with Gasteiger partial charge in [0.2, 0.25) is 0 Å². The largest absolute Gasteiger partial charge is 0.465 e. The summed E-state index contributed by atoms with van der Waals surface area (Å²) in [5, 5.41) is 0. The predicted molar refractivity (Wildman–Crippen MR) is 68.9 cm³/mol. The molecule has 0 amide bonds. The number of Topliss-reactive ketones (excluding diaryl/α,β-unsaturated/α-hetero) is 1. The van der Waals surface area contributed by atoms with Crippen LogP contribution in [0.25, 0.3) is 0 Å². The summed E-state index contributed by atoms with van der Waals surface area (Å²) < 4.78 is 5.03. The Morgan fingerprint density at radius 2 is 2.00 bits per heavy atom. The SMILES string of the molecule is CCOC(=O)[C@H]1CCC2C(C)CC(C)CC2C1=O. The summed E-state index contributed by atoms with van der Waals surface area (Å²) in [5.41, 5.74) is 0. The number of esters is 1. The van der Waals surface area contributed by atoms with Gasteiger partial charge in [-0.1, -0.05) is 13.8 Å². The number of hydrogen-bond donors (Lipinski definition) is 0. The second-order valence-corrected chi connectivity index (χ2v) is 6.11. The van der Waals surface area contributed by atoms with Crippen LogP contribution >= 0.6 is 0 Å². The van der Waals surface area contributed by atoms with Crippen LogP contribution < -0.4 is 0 Å². The quantitative estimate of drug-likeness (QED) is 0.560. The molecule has 4 unspecified atom stereocenters. The van der Waals surface area contributed by atoms with Crippen molar-refractivity contribution in [2.75, 3.05) is 6.61 Å². The smallest absolute Gasteiger partial charge is 0.316 e. The van der Waals surface area contributed by atoms with Crippen LogP contribution in [0.15, 0.2) is 0 Å². The maximum atomic E-state index is 12.5. The molecule has 2 rings (SSSR count). The van der Waals surface area contributed by atoms with Crippen molar-refractivity contribution < 1.29 is 14.3 Å². The number of ether oxygens (including phenoxy) is 1. The van der Waals surface area contributed by atoms with Crippen molar-refractivity contribution >= 4 is 11.8 Å². The van der Waals surface area contributed by atoms with Gasteiger partial charge in [-0.3, -0.25) is 9.59 Å². The minimum absolute atomic E-state index is 0.104. The Morgan fingerprint density at radius 1 is 1.28 bits per heavy atom. The molecule has 0 aromatic rings. The lowest BCUT2D eigenvalue weighted by Gasteiger charge is -2.43. The number of carbonyl (C=O) groups is 2. The molecule has 0 aliphatic heterocycles. The van der Waals surface area contributed by atoms with E-state index in [0.717, 1.165) is 12.8 Å². The number of hydrogen-bond acceptors (Lipinski definition) is 3. The first-order chi connectivity index (χ1) is 8.54. The lowest BCUT2D eigenvalue weighted by molar-refractivity contribution is -0.157. The molecule has 2 fully saturated rings. The Morgan fingerprint density at radius 3 is 2.67 bits per heavy atom. The second kappa shape index (κ2) is 5.41. The van der Waals surface area contributed by atoms with Gasteiger partial charge >= 0.3 is 5.97 Å². The molecule has 0 aromatic heterocycles. The van der Waals surface area contributed by atoms with Gasteiger partial charge in [0.15, 0.2) is 0 Å². The van der Waals surface area contributed by atoms with Gasteiger partial charge in [0.25, 0.3) is 0 Å². The summed E-state index contributed by atoms with van der Waals surface area (Å²) in [4.78, 5) is 24.3. The minimum Gasteiger partial charge on any atom is -0.465 e. The van der Waals surface area contributed by atoms with Crippen molar-refractivity contribution in [3.63, 3.8) is 0 Å². The predicted octanol–water partition coefficient (Wildman–Crippen LogP) is 2.83. The molecular formula is C15H24O3. The molecule has 2 aliphatic rings. The molecule has 2 aliphatic carbocycles. The van der Waals surface area contributed by atoms with Crippen LogP contribution in [0, 0.1) is 29.6 Å². The molecule has 0 radical (unpaired) electrons. The second-order valence-electron chi connectivity index (χ2n) is 6.11. The standard InChI is InChI=1S/C15H24O3/c1-4-18-15(17)12-6-5-11-10(3)7-9(2)8-13(11)14(12)16/h9-13H,4-8H2,1-3H3/t9?,10?,11?,12-,13?/m0/s1. The van der Waals surface area contributed by atoms with Crippen LogP contribution in [0.3, 0.4) is 0 Å². The molecule has 0 saturated heterocycles. The van der Waals surface area contributed by atoms with Crippen molar-refractivity contribution in [2.24, 2.45) is 29.6 Å². The van der Waals surface area contributed by atoms with Gasteiger partial charge in [-0.25, -0.2) is 0 Å². The Kier molecular flexibility index (Phi) is 4.08. The Bertz CT molecular complexity index is 337. The fourth-order valence-corrected chi connectivity index (χ4v) is 3.96. The molecule has 0 heterocycles. The maximum Gasteiger partial charge on any atom is 0.316 e. The number of ketones is 1. The Balaban J connectivity index is 2.09. The van der Waals surface area contributed by atoms with E-state index < -0.39 is 5.92 Å². The van der Waals surface area contributed by atoms with Gasteiger partial charge in [0.05, 0.1) is 6.61 Å². The monoisotopic (exact) mass is 252 g/mol. The summed E-state index contributed by atoms with van der Waals surface area (Å²) in [6, 6.07) is 0. The van der Waals surface area contributed by atoms with E-state index in [1.165, 1.54) is 6.42 Å². The van der Waals surface area contributed by atoms with E-state index in [0.29, 0.717) is 30.8 Å². The van der Waals surface area contributed by atoms with Gasteiger partial charge in [-0.2, -0.15) is 0 Å². The lowest BCUT2D eigenvalue weighted by Crippen LogP contribution is -2.44. The zero-order valence-corrected chi connectivity index (χ0v) is 11.6. The first-order valence-corrected chi connectivity index (χ1v) is 7.25. The van der Waals surface area contributed by atoms with E-state index in [9.17, 15) is 9.59 Å². The molecule has 3 nitrogen and oxygen atoms in total. The molecule has 102 valence electrons. The summed E-state index contributed by atoms with van der Waals surface area (Å²) in [6.07, 6.45) is 3.88. The van der Waals surface area contributed by atoms with Crippen molar-refractivity contribution in [3.05, 3.63) is 0 Å². The van der Waals surface area contributed by atoms with Crippen LogP contribution in [-0.2, 0) is 14.3 Å². The average Bonchev–Trinajstić information content (AvgIpc) is 2.30. The fourth-order valence-electron chi connectivity index (χ4n) is 3.96. The average molecular weight is 252 g/mol. The van der Waals surface area contributed by atoms with Crippen molar-refractivity contribution in [1.29, 1.82) is 0 Å². The summed E-state index contributed by atoms with van der Waals surface area (Å²) in [6.45, 7) is 6.63. The molecule has 5 atom stereocenters. The zero-order valence-electron chi connectivity index (χ0n) is 11.6. The molecule has 0 aromatic carbocycles. The third-order valence-corrected chi connectivity index (χ3v) is 4.75. The van der Waals surface area contributed by atoms with Crippen molar-refractivity contribution in [1.82, 2.24) is 0 Å². The van der Waals surface area contributed by atoms with Gasteiger partial charge in [-0.05, 0) is 50.4 Å². The topological polar surface area (TPSA) is 43.4 Å². The van der Waals surface area contributed by atoms with E-state index in [1.807, 2.05) is 0 Å². The molecule has 0 N–H and O–H groups in total. The number of rotatable bonds is 2. The third-order valence-electron chi connectivity index (χ3n) is 4.75. The normalized spacial score (nSPS) is 40.2. The summed E-state index contributed by atoms with van der Waals surface area (Å²) in [7, 11) is 0. The van der Waals surface area contributed by atoms with E-state index in [2.05, 4.69) is 13.8 Å². The molecule has 0 spiro atoms. The van der Waals surface area contributed by atoms with Crippen LogP contribution in [0.4, 0.5) is 0 Å². The van der Waals surface area contributed by atoms with Crippen LogP contribution in [0.5, 0.6) is 0 Å². The highest BCUT2D eigenvalue weighted by Gasteiger charge is 2.46. The molecule has 0 bridgehead atoms. The highest BCUT2D eigenvalue weighted by atomic mass is 16.5. The van der Waals surface area contributed by atoms with Crippen LogP contribution in [0.1, 0.15) is 46.5 Å². The molecule has 2 saturated carbocycles. The maximum absolute atomic E-state index is 12.5. The first kappa shape index (κ1) is 13.6. The van der Waals surface area contributed by atoms with E-state index in [-0.39, 0.29) is 17.7 Å². The molecule has 18 heavy (non-hydrogen) atoms. The lowest BCUT2D eigenvalue weighted by atomic mass is 9.60. The number of fused-ring (bicyclic) bond motifs is 1. The van der Waals surface area contributed by atoms with Crippen LogP contribution in [-0.4, -0.2) is 18.4 Å². The molecular weight excluding hydrogens is 228 g/mol. The van der Waals surface area contributed by atoms with E-state index in [4.69, 9.17) is 4.74 Å². The summed E-state index contributed by atoms with van der Waals surface area (Å²) >= 11 is 0. The van der Waals surface area contributed by atoms with E-state index in [1.54, 1.807) is 6.92 Å². The van der Waals surface area contributed by atoms with Crippen LogP contribution in [0.2, 0.25) is 0 Å². The zero-order chi connectivity index (χ0) is 13.3. The molecule has 3 heteroatoms. The first-order valence-electron chi connectivity index (χ1n) is 7.25. The Labute approximate surface area is 109 Å². The highest BCUT2D eigenvalue weighted by Crippen LogP contribution is 2.45. The Hall–Kier alpha value is -0.860. The van der Waals surface area contributed by atoms with Crippen molar-refractivity contribution in [2.45, 2.75) is 46.5 Å². The van der Waals surface area contributed by atoms with E-state index >= 15 is 0 Å². The van der Waals surface area contributed by atoms with Gasteiger partial charge in [0, 0.05) is 5.92 Å². The number of carbonyl (C=O) groups excluding carboxylic acids is 2. The third kappa shape index (κ3) is 2.45. The minimum atomic E-state index is -0.483. The fraction of sp³-hybridized carbons (Fsp3) is 0.867. The highest BCUT2D eigenvalue weighted by molar-refractivity contribution is 6.00. The van der Waals surface area contributed by atoms with Gasteiger partial charge in [0.1, 0.15) is 11.7 Å². The van der Waals surface area contributed by atoms with Gasteiger partial charge in [-0.15, -0.1) is 0 Å².